The molecule has 1 heterocycles. The Morgan fingerprint density at radius 3 is 2.64 bits per heavy atom. The van der Waals surface area contributed by atoms with Crippen LogP contribution in [-0.2, 0) is 19.6 Å². The Morgan fingerprint density at radius 2 is 2.14 bits per heavy atom. The minimum atomic E-state index is -4.05. The van der Waals surface area contributed by atoms with Crippen molar-refractivity contribution in [2.75, 3.05) is 20.2 Å². The molecule has 0 aliphatic heterocycles. The molecule has 0 saturated carbocycles. The van der Waals surface area contributed by atoms with Crippen LogP contribution in [-0.4, -0.2) is 55.9 Å². The summed E-state index contributed by atoms with van der Waals surface area (Å²) in [5.74, 6) is -1.44. The van der Waals surface area contributed by atoms with Crippen molar-refractivity contribution in [2.45, 2.75) is 24.1 Å². The second-order valence-corrected chi connectivity index (χ2v) is 7.39. The highest BCUT2D eigenvalue weighted by atomic mass is 32.2. The van der Waals surface area contributed by atoms with Gasteiger partial charge >= 0.3 is 5.97 Å². The van der Waals surface area contributed by atoms with Crippen LogP contribution in [0.15, 0.2) is 15.7 Å². The number of methoxy groups -OCH3 is 1. The van der Waals surface area contributed by atoms with Crippen LogP contribution < -0.4 is 10.1 Å². The highest BCUT2D eigenvalue weighted by molar-refractivity contribution is 7.91. The van der Waals surface area contributed by atoms with Crippen LogP contribution in [0.2, 0.25) is 0 Å². The van der Waals surface area contributed by atoms with Gasteiger partial charge in [-0.2, -0.15) is 4.31 Å². The van der Waals surface area contributed by atoms with Crippen molar-refractivity contribution >= 4 is 33.2 Å². The van der Waals surface area contributed by atoms with Crippen molar-refractivity contribution in [3.8, 4) is 5.75 Å². The molecule has 8 nitrogen and oxygen atoms in total. The Labute approximate surface area is 132 Å². The number of carbonyl (C=O) groups is 2. The van der Waals surface area contributed by atoms with Crippen LogP contribution in [0.1, 0.15) is 13.8 Å². The summed E-state index contributed by atoms with van der Waals surface area (Å²) in [4.78, 5) is 22.1. The summed E-state index contributed by atoms with van der Waals surface area (Å²) in [5, 5.41) is 13.1. The number of sulfonamides is 1. The summed E-state index contributed by atoms with van der Waals surface area (Å²) in [5.41, 5.74) is 0. The van der Waals surface area contributed by atoms with E-state index in [-0.39, 0.29) is 29.0 Å². The van der Waals surface area contributed by atoms with Crippen molar-refractivity contribution < 1.29 is 27.9 Å². The molecule has 1 amide bonds. The number of thiophene rings is 1. The van der Waals surface area contributed by atoms with E-state index in [1.54, 1.807) is 5.38 Å². The molecule has 1 aromatic rings. The summed E-state index contributed by atoms with van der Waals surface area (Å²) in [6.45, 7) is 2.42. The first-order chi connectivity index (χ1) is 10.2. The standard InChI is InChI=1S/C12H18N2O6S2/c1-8(11(16)17)14(6-5-13-9(2)15)22(18,19)12-10(20-3)4-7-21-12/h4,7-8H,5-6H2,1-3H3,(H,13,15)(H,16,17). The third-order valence-electron chi connectivity index (χ3n) is 2.85. The van der Waals surface area contributed by atoms with Gasteiger partial charge in [-0.15, -0.1) is 11.3 Å². The van der Waals surface area contributed by atoms with Crippen LogP contribution in [0.4, 0.5) is 0 Å². The summed E-state index contributed by atoms with van der Waals surface area (Å²) >= 11 is 0.943. The third kappa shape index (κ3) is 4.18. The minimum absolute atomic E-state index is 0.0138. The number of hydrogen-bond acceptors (Lipinski definition) is 6. The Morgan fingerprint density at radius 1 is 1.50 bits per heavy atom. The van der Waals surface area contributed by atoms with E-state index in [1.165, 1.54) is 27.0 Å². The predicted molar refractivity (Wildman–Crippen MR) is 80.5 cm³/mol. The van der Waals surface area contributed by atoms with Crippen LogP contribution in [0, 0.1) is 0 Å². The highest BCUT2D eigenvalue weighted by Crippen LogP contribution is 2.32. The Balaban J connectivity index is 3.13. The van der Waals surface area contributed by atoms with Gasteiger partial charge in [0.2, 0.25) is 5.91 Å². The lowest BCUT2D eigenvalue weighted by molar-refractivity contribution is -0.140. The number of amides is 1. The molecule has 0 aromatic carbocycles. The Bertz CT molecular complexity index is 640. The quantitative estimate of drug-likeness (QED) is 0.700. The van der Waals surface area contributed by atoms with Gasteiger partial charge in [0.05, 0.1) is 7.11 Å². The molecule has 0 bridgehead atoms. The average molecular weight is 350 g/mol. The smallest absolute Gasteiger partial charge is 0.321 e. The maximum absolute atomic E-state index is 12.7. The van der Waals surface area contributed by atoms with E-state index in [0.29, 0.717) is 0 Å². The molecule has 0 fully saturated rings. The van der Waals surface area contributed by atoms with E-state index in [1.807, 2.05) is 0 Å². The van der Waals surface area contributed by atoms with E-state index in [0.717, 1.165) is 15.6 Å². The van der Waals surface area contributed by atoms with E-state index in [2.05, 4.69) is 5.32 Å². The van der Waals surface area contributed by atoms with Crippen LogP contribution in [0.25, 0.3) is 0 Å². The van der Waals surface area contributed by atoms with Crippen molar-refractivity contribution in [3.63, 3.8) is 0 Å². The number of rotatable bonds is 8. The number of carboxylic acids is 1. The second kappa shape index (κ2) is 7.56. The van der Waals surface area contributed by atoms with E-state index in [4.69, 9.17) is 9.84 Å². The molecule has 0 saturated heterocycles. The zero-order chi connectivity index (χ0) is 16.9. The summed E-state index contributed by atoms with van der Waals surface area (Å²) in [6.07, 6.45) is 0. The van der Waals surface area contributed by atoms with Gasteiger partial charge in [0.25, 0.3) is 10.0 Å². The molecule has 2 N–H and O–H groups in total. The number of nitrogens with zero attached hydrogens (tertiary/aromatic N) is 1. The zero-order valence-electron chi connectivity index (χ0n) is 12.4. The van der Waals surface area contributed by atoms with Crippen molar-refractivity contribution in [3.05, 3.63) is 11.4 Å². The largest absolute Gasteiger partial charge is 0.494 e. The molecular formula is C12H18N2O6S2. The number of carboxylic acid groups (broad SMARTS) is 1. The third-order valence-corrected chi connectivity index (χ3v) is 6.25. The molecule has 1 unspecified atom stereocenters. The van der Waals surface area contributed by atoms with Crippen molar-refractivity contribution in [2.24, 2.45) is 0 Å². The lowest BCUT2D eigenvalue weighted by Gasteiger charge is -2.25. The molecular weight excluding hydrogens is 332 g/mol. The van der Waals surface area contributed by atoms with Crippen LogP contribution >= 0.6 is 11.3 Å². The van der Waals surface area contributed by atoms with Gasteiger partial charge in [-0.05, 0) is 18.4 Å². The lowest BCUT2D eigenvalue weighted by atomic mass is 10.3. The average Bonchev–Trinajstić information content (AvgIpc) is 2.91. The first-order valence-electron chi connectivity index (χ1n) is 6.32. The van der Waals surface area contributed by atoms with Gasteiger partial charge in [0, 0.05) is 20.0 Å². The summed E-state index contributed by atoms with van der Waals surface area (Å²) in [7, 11) is -2.71. The Hall–Kier alpha value is -1.65. The van der Waals surface area contributed by atoms with Gasteiger partial charge in [-0.25, -0.2) is 8.42 Å². The van der Waals surface area contributed by atoms with Gasteiger partial charge in [-0.3, -0.25) is 9.59 Å². The zero-order valence-corrected chi connectivity index (χ0v) is 14.0. The number of aliphatic carboxylic acids is 1. The maximum Gasteiger partial charge on any atom is 0.321 e. The van der Waals surface area contributed by atoms with Gasteiger partial charge in [0.15, 0.2) is 4.21 Å². The molecule has 1 rings (SSSR count). The number of ether oxygens (including phenoxy) is 1. The molecule has 0 spiro atoms. The molecule has 0 aliphatic carbocycles. The fraction of sp³-hybridized carbons (Fsp3) is 0.500. The van der Waals surface area contributed by atoms with E-state index in [9.17, 15) is 18.0 Å². The monoisotopic (exact) mass is 350 g/mol. The number of carbonyl (C=O) groups excluding carboxylic acids is 1. The Kier molecular flexibility index (Phi) is 6.33. The van der Waals surface area contributed by atoms with E-state index < -0.39 is 22.0 Å². The molecule has 1 atom stereocenters. The molecule has 22 heavy (non-hydrogen) atoms. The topological polar surface area (TPSA) is 113 Å². The molecule has 1 aromatic heterocycles. The van der Waals surface area contributed by atoms with Crippen molar-refractivity contribution in [1.82, 2.24) is 9.62 Å². The summed E-state index contributed by atoms with van der Waals surface area (Å²) < 4.78 is 31.1. The minimum Gasteiger partial charge on any atom is -0.494 e. The van der Waals surface area contributed by atoms with Gasteiger partial charge < -0.3 is 15.2 Å². The molecule has 10 heteroatoms. The maximum atomic E-state index is 12.7. The second-order valence-electron chi connectivity index (χ2n) is 4.39. The van der Waals surface area contributed by atoms with E-state index >= 15 is 0 Å². The highest BCUT2D eigenvalue weighted by Gasteiger charge is 2.35. The first kappa shape index (κ1) is 18.4. The normalized spacial score (nSPS) is 12.9. The van der Waals surface area contributed by atoms with Crippen LogP contribution in [0.3, 0.4) is 0 Å². The SMILES string of the molecule is COc1ccsc1S(=O)(=O)N(CCNC(C)=O)C(C)C(=O)O. The fourth-order valence-electron chi connectivity index (χ4n) is 1.72. The summed E-state index contributed by atoms with van der Waals surface area (Å²) in [6, 6.07) is 0.222. The molecule has 124 valence electrons. The predicted octanol–water partition coefficient (Wildman–Crippen LogP) is 0.357. The molecule has 0 radical (unpaired) electrons. The first-order valence-corrected chi connectivity index (χ1v) is 8.64. The lowest BCUT2D eigenvalue weighted by Crippen LogP contribution is -2.46. The van der Waals surface area contributed by atoms with Crippen molar-refractivity contribution in [1.29, 1.82) is 0 Å². The number of hydrogen-bond donors (Lipinski definition) is 2. The van der Waals surface area contributed by atoms with Crippen LogP contribution in [0.5, 0.6) is 5.75 Å². The molecule has 0 aliphatic rings. The van der Waals surface area contributed by atoms with Gasteiger partial charge in [-0.1, -0.05) is 0 Å². The fourth-order valence-corrected chi connectivity index (χ4v) is 4.70. The number of nitrogens with one attached hydrogen (secondary N) is 1. The van der Waals surface area contributed by atoms with Gasteiger partial charge in [0.1, 0.15) is 11.8 Å².